The molecule has 0 bridgehead atoms. The lowest BCUT2D eigenvalue weighted by Crippen LogP contribution is -2.28. The van der Waals surface area contributed by atoms with Gasteiger partial charge >= 0.3 is 0 Å². The molecule has 0 fully saturated rings. The molecule has 4 rings (SSSR count). The molecule has 5 nitrogen and oxygen atoms in total. The number of rotatable bonds is 8. The van der Waals surface area contributed by atoms with Crippen LogP contribution in [0.15, 0.2) is 71.5 Å². The molecule has 0 N–H and O–H groups in total. The Bertz CT molecular complexity index is 1480. The number of nitriles is 1. The maximum atomic E-state index is 14.4. The van der Waals surface area contributed by atoms with Crippen LogP contribution in [0.1, 0.15) is 48.0 Å². The summed E-state index contributed by atoms with van der Waals surface area (Å²) < 4.78 is 20.9. The van der Waals surface area contributed by atoms with Crippen LogP contribution in [0.2, 0.25) is 0 Å². The summed E-state index contributed by atoms with van der Waals surface area (Å²) in [6.07, 6.45) is 3.02. The Morgan fingerprint density at radius 2 is 1.83 bits per heavy atom. The molecular weight excluding hydrogens is 453 g/mol. The van der Waals surface area contributed by atoms with Crippen molar-refractivity contribution in [2.75, 3.05) is 7.11 Å². The van der Waals surface area contributed by atoms with Gasteiger partial charge in [0.2, 0.25) is 0 Å². The molecular formula is C30H28FN3O2. The molecule has 0 aliphatic heterocycles. The summed E-state index contributed by atoms with van der Waals surface area (Å²) in [5, 5.41) is 9.43. The zero-order chi connectivity index (χ0) is 25.7. The number of nitrogens with zero attached hydrogens (tertiary/aromatic N) is 3. The molecule has 182 valence electrons. The van der Waals surface area contributed by atoms with Gasteiger partial charge in [-0.05, 0) is 54.7 Å². The molecule has 0 aliphatic carbocycles. The molecule has 4 aromatic rings. The number of ether oxygens (including phenoxy) is 1. The fourth-order valence-electron chi connectivity index (χ4n) is 4.38. The predicted octanol–water partition coefficient (Wildman–Crippen LogP) is 6.16. The van der Waals surface area contributed by atoms with Gasteiger partial charge in [-0.1, -0.05) is 55.8 Å². The largest absolute Gasteiger partial charge is 0.494 e. The number of aryl methyl sites for hydroxylation is 2. The van der Waals surface area contributed by atoms with Gasteiger partial charge in [-0.2, -0.15) is 5.26 Å². The molecule has 0 saturated heterocycles. The van der Waals surface area contributed by atoms with E-state index < -0.39 is 5.82 Å². The molecule has 0 atom stereocenters. The summed E-state index contributed by atoms with van der Waals surface area (Å²) in [7, 11) is 1.40. The first-order chi connectivity index (χ1) is 17.5. The number of hydrogen-bond acceptors (Lipinski definition) is 4. The van der Waals surface area contributed by atoms with Gasteiger partial charge in [0, 0.05) is 18.1 Å². The maximum Gasteiger partial charge on any atom is 0.261 e. The highest BCUT2D eigenvalue weighted by Crippen LogP contribution is 2.25. The lowest BCUT2D eigenvalue weighted by Gasteiger charge is -2.16. The molecule has 0 amide bonds. The zero-order valence-electron chi connectivity index (χ0n) is 20.7. The molecule has 6 heteroatoms. The Balaban J connectivity index is 1.75. The van der Waals surface area contributed by atoms with Crippen LogP contribution in [0.3, 0.4) is 0 Å². The molecule has 1 heterocycles. The van der Waals surface area contributed by atoms with Gasteiger partial charge in [-0.3, -0.25) is 9.36 Å². The summed E-state index contributed by atoms with van der Waals surface area (Å²) in [4.78, 5) is 18.5. The number of aromatic nitrogens is 2. The maximum absolute atomic E-state index is 14.4. The van der Waals surface area contributed by atoms with Gasteiger partial charge in [0.05, 0.1) is 30.1 Å². The topological polar surface area (TPSA) is 67.9 Å². The van der Waals surface area contributed by atoms with Crippen LogP contribution in [0.4, 0.5) is 4.39 Å². The van der Waals surface area contributed by atoms with E-state index in [9.17, 15) is 14.4 Å². The van der Waals surface area contributed by atoms with Crippen LogP contribution in [0.25, 0.3) is 16.8 Å². The van der Waals surface area contributed by atoms with E-state index in [-0.39, 0.29) is 11.3 Å². The van der Waals surface area contributed by atoms with Crippen molar-refractivity contribution in [1.82, 2.24) is 9.55 Å². The van der Waals surface area contributed by atoms with E-state index in [4.69, 9.17) is 9.72 Å². The first kappa shape index (κ1) is 24.9. The highest BCUT2D eigenvalue weighted by Gasteiger charge is 2.17. The van der Waals surface area contributed by atoms with Gasteiger partial charge in [-0.25, -0.2) is 9.37 Å². The van der Waals surface area contributed by atoms with Crippen LogP contribution in [-0.4, -0.2) is 16.7 Å². The third-order valence-corrected chi connectivity index (χ3v) is 6.28. The highest BCUT2D eigenvalue weighted by atomic mass is 19.1. The zero-order valence-corrected chi connectivity index (χ0v) is 20.7. The quantitative estimate of drug-likeness (QED) is 0.302. The van der Waals surface area contributed by atoms with Crippen molar-refractivity contribution in [3.8, 4) is 28.6 Å². The molecule has 1 aromatic heterocycles. The Hall–Kier alpha value is -4.24. The van der Waals surface area contributed by atoms with Crippen molar-refractivity contribution < 1.29 is 9.13 Å². The van der Waals surface area contributed by atoms with Crippen molar-refractivity contribution in [2.45, 2.75) is 39.5 Å². The van der Waals surface area contributed by atoms with E-state index in [2.05, 4.69) is 13.0 Å². The average molecular weight is 482 g/mol. The molecule has 36 heavy (non-hydrogen) atoms. The van der Waals surface area contributed by atoms with Crippen molar-refractivity contribution >= 4 is 0 Å². The van der Waals surface area contributed by atoms with E-state index in [0.29, 0.717) is 35.5 Å². The number of hydrogen-bond donors (Lipinski definition) is 0. The average Bonchev–Trinajstić information content (AvgIpc) is 2.89. The Morgan fingerprint density at radius 1 is 1.08 bits per heavy atom. The van der Waals surface area contributed by atoms with Gasteiger partial charge in [0.1, 0.15) is 5.82 Å². The van der Waals surface area contributed by atoms with Gasteiger partial charge in [0.15, 0.2) is 11.6 Å². The normalized spacial score (nSPS) is 10.8. The highest BCUT2D eigenvalue weighted by molar-refractivity contribution is 5.70. The minimum Gasteiger partial charge on any atom is -0.494 e. The molecule has 3 aromatic carbocycles. The second-order valence-corrected chi connectivity index (χ2v) is 8.68. The number of halogens is 1. The minimum absolute atomic E-state index is 0.121. The molecule has 0 aliphatic rings. The monoisotopic (exact) mass is 481 g/mol. The summed E-state index contributed by atoms with van der Waals surface area (Å²) >= 11 is 0. The summed E-state index contributed by atoms with van der Waals surface area (Å²) in [6, 6.07) is 22.1. The minimum atomic E-state index is -0.536. The molecule has 0 saturated carbocycles. The third-order valence-electron chi connectivity index (χ3n) is 6.28. The summed E-state index contributed by atoms with van der Waals surface area (Å²) in [5.74, 6) is 0.101. The summed E-state index contributed by atoms with van der Waals surface area (Å²) in [5.41, 5.74) is 4.99. The van der Waals surface area contributed by atoms with E-state index in [1.807, 2.05) is 42.5 Å². The lowest BCUT2D eigenvalue weighted by atomic mass is 9.96. The van der Waals surface area contributed by atoms with Crippen LogP contribution < -0.4 is 10.3 Å². The first-order valence-electron chi connectivity index (χ1n) is 12.0. The van der Waals surface area contributed by atoms with Crippen LogP contribution in [0.5, 0.6) is 5.75 Å². The van der Waals surface area contributed by atoms with E-state index in [1.165, 1.54) is 23.8 Å². The Morgan fingerprint density at radius 3 is 2.50 bits per heavy atom. The number of benzene rings is 3. The van der Waals surface area contributed by atoms with Crippen LogP contribution in [-0.2, 0) is 12.8 Å². The van der Waals surface area contributed by atoms with Gasteiger partial charge in [-0.15, -0.1) is 0 Å². The van der Waals surface area contributed by atoms with Crippen molar-refractivity contribution in [1.29, 1.82) is 5.26 Å². The van der Waals surface area contributed by atoms with Crippen LogP contribution >= 0.6 is 0 Å². The molecule has 0 spiro atoms. The van der Waals surface area contributed by atoms with E-state index in [0.717, 1.165) is 35.2 Å². The second-order valence-electron chi connectivity index (χ2n) is 8.68. The summed E-state index contributed by atoms with van der Waals surface area (Å²) in [6.45, 7) is 3.87. The second kappa shape index (κ2) is 11.0. The van der Waals surface area contributed by atoms with Crippen LogP contribution in [0, 0.1) is 24.1 Å². The van der Waals surface area contributed by atoms with E-state index in [1.54, 1.807) is 19.1 Å². The molecule has 0 radical (unpaired) electrons. The fraction of sp³-hybridized carbons (Fsp3) is 0.233. The van der Waals surface area contributed by atoms with Crippen molar-refractivity contribution in [3.63, 3.8) is 0 Å². The first-order valence-corrected chi connectivity index (χ1v) is 12.0. The SMILES string of the molecule is CCCCc1nc(C)n(-c2ccc(OC)c(F)c2)c(=O)c1Cc1ccc(-c2ccccc2C#N)cc1. The lowest BCUT2D eigenvalue weighted by molar-refractivity contribution is 0.386. The number of methoxy groups -OCH3 is 1. The predicted molar refractivity (Wildman–Crippen MR) is 139 cm³/mol. The van der Waals surface area contributed by atoms with Gasteiger partial charge < -0.3 is 4.74 Å². The van der Waals surface area contributed by atoms with E-state index >= 15 is 0 Å². The third kappa shape index (κ3) is 5.06. The standard InChI is InChI=1S/C30H28FN3O2/c1-4-5-10-28-26(17-21-11-13-22(14-12-21)25-9-7-6-8-23(25)19-32)30(35)34(20(2)33-28)24-15-16-29(36-3)27(31)18-24/h6-9,11-16,18H,4-5,10,17H2,1-3H3. The number of unbranched alkanes of at least 4 members (excludes halogenated alkanes) is 1. The molecule has 0 unspecified atom stereocenters. The fourth-order valence-corrected chi connectivity index (χ4v) is 4.38. The smallest absolute Gasteiger partial charge is 0.261 e. The van der Waals surface area contributed by atoms with Gasteiger partial charge in [0.25, 0.3) is 5.56 Å². The van der Waals surface area contributed by atoms with Crippen molar-refractivity contribution in [2.24, 2.45) is 0 Å². The Labute approximate surface area is 210 Å². The Kier molecular flexibility index (Phi) is 7.60. The van der Waals surface area contributed by atoms with Crippen molar-refractivity contribution in [3.05, 3.63) is 111 Å².